The lowest BCUT2D eigenvalue weighted by molar-refractivity contribution is 0.630. The van der Waals surface area contributed by atoms with Crippen LogP contribution in [-0.2, 0) is 19.4 Å². The maximum Gasteiger partial charge on any atom is 0.270 e. The summed E-state index contributed by atoms with van der Waals surface area (Å²) in [4.78, 5) is 26.8. The van der Waals surface area contributed by atoms with Gasteiger partial charge in [-0.05, 0) is 25.0 Å². The molecule has 5 rings (SSSR count). The Balaban J connectivity index is 1.55. The maximum atomic E-state index is 13.4. The summed E-state index contributed by atoms with van der Waals surface area (Å²) in [6.45, 7) is 0.369. The summed E-state index contributed by atoms with van der Waals surface area (Å²) in [5.41, 5.74) is 11.9. The summed E-state index contributed by atoms with van der Waals surface area (Å²) >= 11 is 3.96. The Labute approximate surface area is 201 Å². The standard InChI is InChI=1S/C22H20IN7OS/c23-16-5-4-14-15(21-20(16)29-18(32-21)8-13(25)6-7-24)9-28-30(22(14)31)10-12-2-1-3-17-19(12)27-11-26-17/h1-3,6-7,9,11,16,24H,4-5,8,10,25H2,(H,26,27). The average molecular weight is 557 g/mol. The lowest BCUT2D eigenvalue weighted by atomic mass is 10.1. The number of aromatic nitrogens is 5. The zero-order valence-electron chi connectivity index (χ0n) is 17.0. The van der Waals surface area contributed by atoms with E-state index >= 15 is 0 Å². The van der Waals surface area contributed by atoms with Crippen LogP contribution in [0.4, 0.5) is 0 Å². The zero-order chi connectivity index (χ0) is 22.2. The fourth-order valence-corrected chi connectivity index (χ4v) is 6.17. The molecule has 1 aliphatic rings. The SMILES string of the molecule is N=CC=C(N)Cc1nc2c(s1)-c1cnn(Cc3cccc4[nH]cnc34)c(=O)c1CCC2I. The van der Waals surface area contributed by atoms with Gasteiger partial charge < -0.3 is 16.1 Å². The van der Waals surface area contributed by atoms with E-state index in [0.29, 0.717) is 25.1 Å². The number of allylic oxidation sites excluding steroid dienone is 2. The highest BCUT2D eigenvalue weighted by Gasteiger charge is 2.27. The first-order valence-electron chi connectivity index (χ1n) is 10.1. The van der Waals surface area contributed by atoms with Gasteiger partial charge in [0.2, 0.25) is 0 Å². The van der Waals surface area contributed by atoms with Gasteiger partial charge in [0.15, 0.2) is 0 Å². The second-order valence-corrected chi connectivity index (χ2v) is 10.2. The molecule has 0 fully saturated rings. The third-order valence-corrected chi connectivity index (χ3v) is 7.85. The minimum atomic E-state index is -0.0651. The molecule has 0 amide bonds. The number of benzene rings is 1. The first kappa shape index (κ1) is 21.0. The second kappa shape index (κ2) is 8.58. The summed E-state index contributed by atoms with van der Waals surface area (Å²) in [6.07, 6.45) is 8.23. The van der Waals surface area contributed by atoms with Crippen molar-refractivity contribution in [2.75, 3.05) is 0 Å². The maximum absolute atomic E-state index is 13.4. The Bertz CT molecular complexity index is 1420. The van der Waals surface area contributed by atoms with Gasteiger partial charge in [-0.3, -0.25) is 4.79 Å². The van der Waals surface area contributed by atoms with E-state index in [4.69, 9.17) is 16.1 Å². The molecule has 3 aromatic heterocycles. The molecule has 8 nitrogen and oxygen atoms in total. The van der Waals surface area contributed by atoms with E-state index in [-0.39, 0.29) is 9.48 Å². The molecular weight excluding hydrogens is 537 g/mol. The van der Waals surface area contributed by atoms with E-state index in [1.807, 2.05) is 18.2 Å². The lowest BCUT2D eigenvalue weighted by Crippen LogP contribution is -2.27. The monoisotopic (exact) mass is 557 g/mol. The summed E-state index contributed by atoms with van der Waals surface area (Å²) in [5, 5.41) is 12.6. The van der Waals surface area contributed by atoms with Gasteiger partial charge in [0.1, 0.15) is 0 Å². The molecule has 1 atom stereocenters. The summed E-state index contributed by atoms with van der Waals surface area (Å²) in [6, 6.07) is 5.89. The van der Waals surface area contributed by atoms with Gasteiger partial charge in [0.05, 0.1) is 49.6 Å². The normalized spacial score (nSPS) is 15.9. The van der Waals surface area contributed by atoms with Crippen molar-refractivity contribution in [2.45, 2.75) is 29.7 Å². The molecule has 0 saturated heterocycles. The van der Waals surface area contributed by atoms with Crippen LogP contribution < -0.4 is 11.3 Å². The Kier molecular flexibility index (Phi) is 5.64. The summed E-state index contributed by atoms with van der Waals surface area (Å²) in [5.74, 6) is 0. The van der Waals surface area contributed by atoms with Crippen LogP contribution in [0.15, 0.2) is 47.3 Å². The van der Waals surface area contributed by atoms with E-state index in [2.05, 4.69) is 37.7 Å². The lowest BCUT2D eigenvalue weighted by Gasteiger charge is -2.10. The number of H-pyrrole nitrogens is 1. The molecule has 0 aliphatic heterocycles. The van der Waals surface area contributed by atoms with Crippen LogP contribution in [0, 0.1) is 5.41 Å². The van der Waals surface area contributed by atoms with Crippen LogP contribution in [0.2, 0.25) is 0 Å². The zero-order valence-corrected chi connectivity index (χ0v) is 20.0. The third kappa shape index (κ3) is 3.77. The molecule has 4 aromatic rings. The van der Waals surface area contributed by atoms with Crippen molar-refractivity contribution in [3.8, 4) is 10.4 Å². The fourth-order valence-electron chi connectivity index (χ4n) is 4.00. The van der Waals surface area contributed by atoms with Crippen LogP contribution in [-0.4, -0.2) is 30.9 Å². The highest BCUT2D eigenvalue weighted by molar-refractivity contribution is 14.1. The van der Waals surface area contributed by atoms with E-state index in [0.717, 1.165) is 49.7 Å². The topological polar surface area (TPSA) is 126 Å². The Morgan fingerprint density at radius 3 is 3.16 bits per heavy atom. The number of fused-ring (bicyclic) bond motifs is 4. The van der Waals surface area contributed by atoms with Crippen molar-refractivity contribution in [3.05, 3.63) is 74.7 Å². The first-order chi connectivity index (χ1) is 15.5. The molecule has 0 radical (unpaired) electrons. The van der Waals surface area contributed by atoms with Crippen molar-refractivity contribution < 1.29 is 0 Å². The van der Waals surface area contributed by atoms with Gasteiger partial charge in [-0.1, -0.05) is 34.7 Å². The number of rotatable bonds is 5. The van der Waals surface area contributed by atoms with Gasteiger partial charge in [0.25, 0.3) is 5.56 Å². The number of alkyl halides is 1. The number of nitrogens with two attached hydrogens (primary N) is 1. The molecular formula is C22H20IN7OS. The van der Waals surface area contributed by atoms with Gasteiger partial charge in [-0.25, -0.2) is 14.6 Å². The molecule has 0 saturated carbocycles. The van der Waals surface area contributed by atoms with Crippen molar-refractivity contribution in [1.82, 2.24) is 24.7 Å². The van der Waals surface area contributed by atoms with Crippen molar-refractivity contribution >= 4 is 51.2 Å². The second-order valence-electron chi connectivity index (χ2n) is 7.63. The van der Waals surface area contributed by atoms with E-state index in [1.54, 1.807) is 29.9 Å². The smallest absolute Gasteiger partial charge is 0.270 e. The fraction of sp³-hybridized carbons (Fsp3) is 0.227. The van der Waals surface area contributed by atoms with Gasteiger partial charge in [-0.2, -0.15) is 5.10 Å². The average Bonchev–Trinajstić information content (AvgIpc) is 3.39. The molecule has 3 heterocycles. The molecule has 1 unspecified atom stereocenters. The highest BCUT2D eigenvalue weighted by atomic mass is 127. The minimum Gasteiger partial charge on any atom is -0.402 e. The Hall–Kier alpha value is -2.86. The van der Waals surface area contributed by atoms with E-state index in [1.165, 1.54) is 10.9 Å². The number of imidazole rings is 1. The minimum absolute atomic E-state index is 0.0651. The van der Waals surface area contributed by atoms with Crippen LogP contribution >= 0.6 is 33.9 Å². The van der Waals surface area contributed by atoms with Gasteiger partial charge in [0, 0.05) is 35.0 Å². The van der Waals surface area contributed by atoms with Crippen molar-refractivity contribution in [3.63, 3.8) is 0 Å². The molecule has 4 N–H and O–H groups in total. The third-order valence-electron chi connectivity index (χ3n) is 5.54. The number of nitrogens with zero attached hydrogens (tertiary/aromatic N) is 4. The molecule has 10 heteroatoms. The molecule has 1 aliphatic carbocycles. The quantitative estimate of drug-likeness (QED) is 0.196. The van der Waals surface area contributed by atoms with Crippen LogP contribution in [0.25, 0.3) is 21.5 Å². The van der Waals surface area contributed by atoms with E-state index in [9.17, 15) is 4.79 Å². The number of hydrogen-bond donors (Lipinski definition) is 3. The number of para-hydroxylation sites is 1. The molecule has 0 spiro atoms. The predicted molar refractivity (Wildman–Crippen MR) is 135 cm³/mol. The van der Waals surface area contributed by atoms with E-state index < -0.39 is 0 Å². The molecule has 0 bridgehead atoms. The number of nitrogens with one attached hydrogen (secondary N) is 2. The number of hydrogen-bond acceptors (Lipinski definition) is 7. The number of halogens is 1. The molecule has 32 heavy (non-hydrogen) atoms. The highest BCUT2D eigenvalue weighted by Crippen LogP contribution is 2.43. The molecule has 1 aromatic carbocycles. The van der Waals surface area contributed by atoms with Gasteiger partial charge in [-0.15, -0.1) is 11.3 Å². The number of aromatic amines is 1. The Morgan fingerprint density at radius 2 is 2.31 bits per heavy atom. The van der Waals surface area contributed by atoms with Crippen LogP contribution in [0.5, 0.6) is 0 Å². The Morgan fingerprint density at radius 1 is 1.44 bits per heavy atom. The summed E-state index contributed by atoms with van der Waals surface area (Å²) in [7, 11) is 0. The van der Waals surface area contributed by atoms with Crippen molar-refractivity contribution in [1.29, 1.82) is 5.41 Å². The van der Waals surface area contributed by atoms with Crippen molar-refractivity contribution in [2.24, 2.45) is 5.73 Å². The van der Waals surface area contributed by atoms with Crippen LogP contribution in [0.1, 0.15) is 32.2 Å². The largest absolute Gasteiger partial charge is 0.402 e. The predicted octanol–water partition coefficient (Wildman–Crippen LogP) is 3.75. The summed E-state index contributed by atoms with van der Waals surface area (Å²) < 4.78 is 1.74. The number of thiazole rings is 1. The molecule has 162 valence electrons. The first-order valence-corrected chi connectivity index (χ1v) is 12.2. The van der Waals surface area contributed by atoms with Gasteiger partial charge >= 0.3 is 0 Å². The van der Waals surface area contributed by atoms with Crippen LogP contribution in [0.3, 0.4) is 0 Å².